The van der Waals surface area contributed by atoms with Crippen LogP contribution in [0.15, 0.2) is 72.9 Å². The second-order valence-electron chi connectivity index (χ2n) is 14.0. The van der Waals surface area contributed by atoms with E-state index in [2.05, 4.69) is 79.1 Å². The molecule has 12 heteroatoms. The lowest BCUT2D eigenvalue weighted by atomic mass is 10.1. The van der Waals surface area contributed by atoms with Gasteiger partial charge in [-0.2, -0.15) is 0 Å². The Morgan fingerprint density at radius 3 is 1.66 bits per heavy atom. The topological polar surface area (TPSA) is 161 Å². The predicted molar refractivity (Wildman–Crippen MR) is 223 cm³/mol. The molecule has 0 aromatic carbocycles. The average Bonchev–Trinajstić information content (AvgIpc) is 3.94. The molecule has 0 saturated carbocycles. The van der Waals surface area contributed by atoms with E-state index in [1.165, 1.54) is 38.5 Å². The SMILES string of the molecule is CCCCC/C=C\C/C=C\C/C=C\CCCCC(=O)OC[C@H](COP(=O)(O)OC[C@@H](O)CO)OC(=O)CCC/C=C\C/C=C\CC1OC1C/C=C\CCCCC. The summed E-state index contributed by atoms with van der Waals surface area (Å²) in [6.07, 6.45) is 41.9. The van der Waals surface area contributed by atoms with Crippen LogP contribution < -0.4 is 0 Å². The number of allylic oxidation sites excluding steroid dienone is 10. The molecule has 0 aliphatic carbocycles. The minimum Gasteiger partial charge on any atom is -0.462 e. The van der Waals surface area contributed by atoms with Crippen LogP contribution in [-0.4, -0.2) is 77.9 Å². The zero-order valence-corrected chi connectivity index (χ0v) is 35.2. The van der Waals surface area contributed by atoms with Gasteiger partial charge in [-0.15, -0.1) is 0 Å². The molecule has 3 unspecified atom stereocenters. The number of esters is 2. The van der Waals surface area contributed by atoms with Gasteiger partial charge in [0.15, 0.2) is 6.10 Å². The first-order chi connectivity index (χ1) is 27.2. The fourth-order valence-corrected chi connectivity index (χ4v) is 6.12. The van der Waals surface area contributed by atoms with Crippen LogP contribution in [0.25, 0.3) is 0 Å². The molecule has 56 heavy (non-hydrogen) atoms. The molecule has 1 aliphatic rings. The van der Waals surface area contributed by atoms with Gasteiger partial charge in [0.05, 0.1) is 32.0 Å². The molecule has 3 N–H and O–H groups in total. The Kier molecular flexibility index (Phi) is 32.6. The summed E-state index contributed by atoms with van der Waals surface area (Å²) in [6.45, 7) is 2.18. The number of aliphatic hydroxyl groups excluding tert-OH is 2. The van der Waals surface area contributed by atoms with E-state index in [9.17, 15) is 24.2 Å². The molecule has 11 nitrogen and oxygen atoms in total. The quantitative estimate of drug-likeness (QED) is 0.0180. The Morgan fingerprint density at radius 1 is 0.625 bits per heavy atom. The van der Waals surface area contributed by atoms with Gasteiger partial charge in [-0.1, -0.05) is 112 Å². The lowest BCUT2D eigenvalue weighted by molar-refractivity contribution is -0.161. The molecular formula is C44H73O11P. The van der Waals surface area contributed by atoms with Crippen molar-refractivity contribution >= 4 is 19.8 Å². The van der Waals surface area contributed by atoms with E-state index in [4.69, 9.17) is 23.8 Å². The summed E-state index contributed by atoms with van der Waals surface area (Å²) >= 11 is 0. The van der Waals surface area contributed by atoms with Crippen LogP contribution in [0.4, 0.5) is 0 Å². The Bertz CT molecular complexity index is 1230. The number of carbonyl (C=O) groups is 2. The van der Waals surface area contributed by atoms with Gasteiger partial charge in [-0.05, 0) is 89.9 Å². The molecule has 320 valence electrons. The summed E-state index contributed by atoms with van der Waals surface area (Å²) in [6, 6.07) is 0. The zero-order chi connectivity index (χ0) is 41.0. The number of epoxide rings is 1. The number of carbonyl (C=O) groups excluding carboxylic acids is 2. The van der Waals surface area contributed by atoms with E-state index in [0.29, 0.717) is 31.5 Å². The standard InChI is InChI=1S/C44H73O11P/c1-3-5-7-9-11-12-13-14-15-16-17-18-21-25-29-33-43(47)51-37-40(38-53-56(49,50)52-36-39(46)35-45)54-44(48)34-30-26-22-19-20-24-28-32-42-41(55-42)31-27-23-10-8-6-4-2/h11-12,14-15,17-19,22-24,27-28,39-42,45-46H,3-10,13,16,20-21,25-26,29-38H2,1-2H3,(H,49,50)/b12-11-,15-14-,18-17-,22-19-,27-23-,28-24-/t39-,40+,41?,42?/m0/s1. The van der Waals surface area contributed by atoms with Crippen LogP contribution in [0, 0.1) is 0 Å². The summed E-state index contributed by atoms with van der Waals surface area (Å²) in [5, 5.41) is 18.3. The molecule has 1 fully saturated rings. The molecule has 0 spiro atoms. The van der Waals surface area contributed by atoms with Gasteiger partial charge in [-0.25, -0.2) is 4.57 Å². The summed E-state index contributed by atoms with van der Waals surface area (Å²) < 4.78 is 38.3. The summed E-state index contributed by atoms with van der Waals surface area (Å²) in [4.78, 5) is 34.9. The summed E-state index contributed by atoms with van der Waals surface area (Å²) in [7, 11) is -4.65. The van der Waals surface area contributed by atoms with E-state index < -0.39 is 51.8 Å². The van der Waals surface area contributed by atoms with Crippen molar-refractivity contribution in [3.8, 4) is 0 Å². The second kappa shape index (κ2) is 35.5. The maximum atomic E-state index is 12.6. The molecule has 1 saturated heterocycles. The second-order valence-corrected chi connectivity index (χ2v) is 15.5. The third-order valence-electron chi connectivity index (χ3n) is 8.74. The van der Waals surface area contributed by atoms with Crippen molar-refractivity contribution in [1.29, 1.82) is 0 Å². The monoisotopic (exact) mass is 808 g/mol. The van der Waals surface area contributed by atoms with E-state index >= 15 is 0 Å². The highest BCUT2D eigenvalue weighted by atomic mass is 31.2. The van der Waals surface area contributed by atoms with Gasteiger partial charge >= 0.3 is 19.8 Å². The first-order valence-corrected chi connectivity index (χ1v) is 22.5. The number of aliphatic hydroxyl groups is 2. The number of phosphoric ester groups is 1. The van der Waals surface area contributed by atoms with Crippen molar-refractivity contribution in [2.45, 2.75) is 167 Å². The molecule has 5 atom stereocenters. The number of unbranched alkanes of at least 4 members (excludes halogenated alkanes) is 9. The van der Waals surface area contributed by atoms with Crippen LogP contribution >= 0.6 is 7.82 Å². The number of hydrogen-bond acceptors (Lipinski definition) is 10. The highest BCUT2D eigenvalue weighted by Gasteiger charge is 2.36. The van der Waals surface area contributed by atoms with E-state index in [1.807, 2.05) is 12.2 Å². The van der Waals surface area contributed by atoms with Gasteiger partial charge in [0, 0.05) is 12.8 Å². The first-order valence-electron chi connectivity index (χ1n) is 21.0. The van der Waals surface area contributed by atoms with Crippen molar-refractivity contribution in [3.63, 3.8) is 0 Å². The van der Waals surface area contributed by atoms with Crippen LogP contribution in [0.1, 0.15) is 142 Å². The van der Waals surface area contributed by atoms with Gasteiger partial charge < -0.3 is 29.3 Å². The highest BCUT2D eigenvalue weighted by molar-refractivity contribution is 7.47. The van der Waals surface area contributed by atoms with Gasteiger partial charge in [0.1, 0.15) is 12.7 Å². The summed E-state index contributed by atoms with van der Waals surface area (Å²) in [5.74, 6) is -1.05. The largest absolute Gasteiger partial charge is 0.472 e. The summed E-state index contributed by atoms with van der Waals surface area (Å²) in [5.41, 5.74) is 0. The molecule has 0 aromatic rings. The smallest absolute Gasteiger partial charge is 0.462 e. The Hall–Kier alpha value is -2.63. The minimum absolute atomic E-state index is 0.0908. The van der Waals surface area contributed by atoms with Crippen molar-refractivity contribution < 1.29 is 52.5 Å². The molecule has 0 bridgehead atoms. The van der Waals surface area contributed by atoms with Gasteiger partial charge in [-0.3, -0.25) is 18.6 Å². The molecule has 0 amide bonds. The average molecular weight is 809 g/mol. The molecule has 1 heterocycles. The van der Waals surface area contributed by atoms with E-state index in [0.717, 1.165) is 57.8 Å². The van der Waals surface area contributed by atoms with Crippen molar-refractivity contribution in [2.75, 3.05) is 26.4 Å². The third-order valence-corrected chi connectivity index (χ3v) is 9.69. The molecule has 0 aromatic heterocycles. The zero-order valence-electron chi connectivity index (χ0n) is 34.3. The molecule has 0 radical (unpaired) electrons. The van der Waals surface area contributed by atoms with Crippen LogP contribution in [0.2, 0.25) is 0 Å². The number of ether oxygens (including phenoxy) is 3. The van der Waals surface area contributed by atoms with E-state index in [-0.39, 0.29) is 19.4 Å². The van der Waals surface area contributed by atoms with Crippen LogP contribution in [0.3, 0.4) is 0 Å². The van der Waals surface area contributed by atoms with Crippen LogP contribution in [0.5, 0.6) is 0 Å². The Balaban J connectivity index is 2.35. The first kappa shape index (κ1) is 51.4. The predicted octanol–water partition coefficient (Wildman–Crippen LogP) is 9.87. The van der Waals surface area contributed by atoms with Crippen molar-refractivity contribution in [1.82, 2.24) is 0 Å². The molecule has 1 aliphatic heterocycles. The lowest BCUT2D eigenvalue weighted by Crippen LogP contribution is -2.29. The number of rotatable bonds is 37. The van der Waals surface area contributed by atoms with E-state index in [1.54, 1.807) is 0 Å². The van der Waals surface area contributed by atoms with Gasteiger partial charge in [0.2, 0.25) is 0 Å². The number of phosphoric acid groups is 1. The fourth-order valence-electron chi connectivity index (χ4n) is 5.33. The Labute approximate surface area is 337 Å². The minimum atomic E-state index is -4.65. The fraction of sp³-hybridized carbons (Fsp3) is 0.682. The lowest BCUT2D eigenvalue weighted by Gasteiger charge is -2.20. The maximum Gasteiger partial charge on any atom is 0.472 e. The molecule has 1 rings (SSSR count). The van der Waals surface area contributed by atoms with Gasteiger partial charge in [0.25, 0.3) is 0 Å². The van der Waals surface area contributed by atoms with Crippen molar-refractivity contribution in [3.05, 3.63) is 72.9 Å². The highest BCUT2D eigenvalue weighted by Crippen LogP contribution is 2.43. The Morgan fingerprint density at radius 2 is 1.09 bits per heavy atom. The molecular weight excluding hydrogens is 735 g/mol. The normalized spacial score (nSPS) is 18.2. The third kappa shape index (κ3) is 32.5. The number of hydrogen-bond donors (Lipinski definition) is 3. The van der Waals surface area contributed by atoms with Crippen molar-refractivity contribution in [2.24, 2.45) is 0 Å². The maximum absolute atomic E-state index is 12.6. The van der Waals surface area contributed by atoms with Crippen LogP contribution in [-0.2, 0) is 37.4 Å².